The van der Waals surface area contributed by atoms with E-state index in [4.69, 9.17) is 5.73 Å². The largest absolute Gasteiger partial charge is 0.329 e. The molecule has 0 saturated heterocycles. The number of unbranched alkanes of at least 4 members (excludes halogenated alkanes) is 3. The number of rotatable bonds is 9. The van der Waals surface area contributed by atoms with Gasteiger partial charge in [0.05, 0.1) is 0 Å². The van der Waals surface area contributed by atoms with E-state index in [1.165, 1.54) is 64.3 Å². The summed E-state index contributed by atoms with van der Waals surface area (Å²) in [7, 11) is 2.28. The van der Waals surface area contributed by atoms with Gasteiger partial charge >= 0.3 is 0 Å². The zero-order valence-corrected chi connectivity index (χ0v) is 12.9. The van der Waals surface area contributed by atoms with E-state index in [1.807, 2.05) is 0 Å². The van der Waals surface area contributed by atoms with Gasteiger partial charge in [0, 0.05) is 18.6 Å². The Kier molecular flexibility index (Phi) is 7.25. The third kappa shape index (κ3) is 4.89. The van der Waals surface area contributed by atoms with Crippen LogP contribution in [0.1, 0.15) is 71.6 Å². The molecular weight excluding hydrogens is 220 g/mol. The molecule has 0 aliphatic heterocycles. The molecule has 0 radical (unpaired) electrons. The molecule has 0 aromatic carbocycles. The highest BCUT2D eigenvalue weighted by atomic mass is 15.2. The molecule has 1 saturated carbocycles. The molecule has 1 aliphatic rings. The second-order valence-corrected chi connectivity index (χ2v) is 6.54. The quantitative estimate of drug-likeness (QED) is 0.634. The molecule has 0 aromatic rings. The first-order valence-corrected chi connectivity index (χ1v) is 8.03. The molecule has 0 heterocycles. The van der Waals surface area contributed by atoms with Gasteiger partial charge in [-0.05, 0) is 39.2 Å². The van der Waals surface area contributed by atoms with E-state index in [9.17, 15) is 0 Å². The molecule has 0 aromatic heterocycles. The van der Waals surface area contributed by atoms with Gasteiger partial charge in [-0.1, -0.05) is 45.4 Å². The van der Waals surface area contributed by atoms with Crippen molar-refractivity contribution in [2.45, 2.75) is 77.2 Å². The van der Waals surface area contributed by atoms with E-state index in [0.29, 0.717) is 0 Å². The average Bonchev–Trinajstić information content (AvgIpc) is 2.87. The van der Waals surface area contributed by atoms with Gasteiger partial charge in [0.2, 0.25) is 0 Å². The molecule has 0 bridgehead atoms. The molecule has 2 nitrogen and oxygen atoms in total. The standard InChI is InChI=1S/C16H34N2/c1-4-5-6-9-12-16(2,14-17)18(3)13-15-10-7-8-11-15/h15H,4-14,17H2,1-3H3. The maximum atomic E-state index is 6.06. The molecule has 2 heteroatoms. The maximum absolute atomic E-state index is 6.06. The predicted octanol–water partition coefficient (Wildman–Crippen LogP) is 3.80. The van der Waals surface area contributed by atoms with Gasteiger partial charge in [0.1, 0.15) is 0 Å². The molecule has 2 N–H and O–H groups in total. The minimum absolute atomic E-state index is 0.219. The van der Waals surface area contributed by atoms with Gasteiger partial charge in [0.25, 0.3) is 0 Å². The Morgan fingerprint density at radius 3 is 2.39 bits per heavy atom. The van der Waals surface area contributed by atoms with Crippen molar-refractivity contribution in [3.63, 3.8) is 0 Å². The SMILES string of the molecule is CCCCCCC(C)(CN)N(C)CC1CCCC1. The molecule has 1 rings (SSSR count). The third-order valence-electron chi connectivity index (χ3n) is 4.94. The lowest BCUT2D eigenvalue weighted by atomic mass is 9.91. The molecule has 0 spiro atoms. The van der Waals surface area contributed by atoms with Crippen molar-refractivity contribution in [2.75, 3.05) is 20.1 Å². The van der Waals surface area contributed by atoms with Crippen LogP contribution in [0.15, 0.2) is 0 Å². The molecule has 1 fully saturated rings. The predicted molar refractivity (Wildman–Crippen MR) is 80.8 cm³/mol. The van der Waals surface area contributed by atoms with E-state index in [1.54, 1.807) is 0 Å². The third-order valence-corrected chi connectivity index (χ3v) is 4.94. The van der Waals surface area contributed by atoms with Gasteiger partial charge in [-0.3, -0.25) is 4.90 Å². The van der Waals surface area contributed by atoms with Crippen LogP contribution >= 0.6 is 0 Å². The van der Waals surface area contributed by atoms with Gasteiger partial charge in [0.15, 0.2) is 0 Å². The van der Waals surface area contributed by atoms with Crippen molar-refractivity contribution >= 4 is 0 Å². The topological polar surface area (TPSA) is 29.3 Å². The Hall–Kier alpha value is -0.0800. The molecule has 1 unspecified atom stereocenters. The number of hydrogen-bond acceptors (Lipinski definition) is 2. The smallest absolute Gasteiger partial charge is 0.0300 e. The van der Waals surface area contributed by atoms with E-state index >= 15 is 0 Å². The van der Waals surface area contributed by atoms with Crippen molar-refractivity contribution < 1.29 is 0 Å². The number of nitrogens with zero attached hydrogens (tertiary/aromatic N) is 1. The molecule has 1 aliphatic carbocycles. The minimum atomic E-state index is 0.219. The fraction of sp³-hybridized carbons (Fsp3) is 1.00. The summed E-state index contributed by atoms with van der Waals surface area (Å²) < 4.78 is 0. The fourth-order valence-electron chi connectivity index (χ4n) is 3.18. The summed E-state index contributed by atoms with van der Waals surface area (Å²) in [5.41, 5.74) is 6.27. The van der Waals surface area contributed by atoms with E-state index in [2.05, 4.69) is 25.8 Å². The molecule has 18 heavy (non-hydrogen) atoms. The first kappa shape index (κ1) is 16.0. The van der Waals surface area contributed by atoms with Gasteiger partial charge in [-0.15, -0.1) is 0 Å². The van der Waals surface area contributed by atoms with Crippen LogP contribution in [0.3, 0.4) is 0 Å². The monoisotopic (exact) mass is 254 g/mol. The maximum Gasteiger partial charge on any atom is 0.0300 e. The molecular formula is C16H34N2. The molecule has 1 atom stereocenters. The van der Waals surface area contributed by atoms with E-state index in [0.717, 1.165) is 12.5 Å². The second kappa shape index (κ2) is 8.16. The number of hydrogen-bond donors (Lipinski definition) is 1. The molecule has 0 amide bonds. The van der Waals surface area contributed by atoms with Crippen LogP contribution in [0.4, 0.5) is 0 Å². The van der Waals surface area contributed by atoms with Crippen LogP contribution in [-0.2, 0) is 0 Å². The highest BCUT2D eigenvalue weighted by Gasteiger charge is 2.29. The Balaban J connectivity index is 2.35. The normalized spacial score (nSPS) is 20.5. The number of nitrogens with two attached hydrogens (primary N) is 1. The summed E-state index contributed by atoms with van der Waals surface area (Å²) in [4.78, 5) is 2.55. The lowest BCUT2D eigenvalue weighted by Crippen LogP contribution is -2.51. The van der Waals surface area contributed by atoms with Crippen molar-refractivity contribution in [3.8, 4) is 0 Å². The molecule has 108 valence electrons. The van der Waals surface area contributed by atoms with Gasteiger partial charge < -0.3 is 5.73 Å². The van der Waals surface area contributed by atoms with Crippen molar-refractivity contribution in [1.29, 1.82) is 0 Å². The van der Waals surface area contributed by atoms with Crippen LogP contribution in [0.25, 0.3) is 0 Å². The van der Waals surface area contributed by atoms with Gasteiger partial charge in [-0.2, -0.15) is 0 Å². The zero-order valence-electron chi connectivity index (χ0n) is 12.9. The lowest BCUT2D eigenvalue weighted by molar-refractivity contribution is 0.111. The average molecular weight is 254 g/mol. The van der Waals surface area contributed by atoms with Crippen LogP contribution in [0.5, 0.6) is 0 Å². The summed E-state index contributed by atoms with van der Waals surface area (Å²) in [5.74, 6) is 0.927. The first-order chi connectivity index (χ1) is 8.62. The van der Waals surface area contributed by atoms with Crippen LogP contribution < -0.4 is 5.73 Å². The summed E-state index contributed by atoms with van der Waals surface area (Å²) >= 11 is 0. The Bertz CT molecular complexity index is 211. The summed E-state index contributed by atoms with van der Waals surface area (Å²) in [5, 5.41) is 0. The van der Waals surface area contributed by atoms with E-state index < -0.39 is 0 Å². The fourth-order valence-corrected chi connectivity index (χ4v) is 3.18. The Morgan fingerprint density at radius 2 is 1.83 bits per heavy atom. The van der Waals surface area contributed by atoms with Crippen LogP contribution in [0.2, 0.25) is 0 Å². The Labute approximate surface area is 114 Å². The summed E-state index contributed by atoms with van der Waals surface area (Å²) in [6.45, 7) is 6.67. The first-order valence-electron chi connectivity index (χ1n) is 8.03. The summed E-state index contributed by atoms with van der Waals surface area (Å²) in [6.07, 6.45) is 12.4. The minimum Gasteiger partial charge on any atom is -0.329 e. The number of likely N-dealkylation sites (N-methyl/N-ethyl adjacent to an activating group) is 1. The van der Waals surface area contributed by atoms with Crippen LogP contribution in [-0.4, -0.2) is 30.6 Å². The summed E-state index contributed by atoms with van der Waals surface area (Å²) in [6, 6.07) is 0. The van der Waals surface area contributed by atoms with Crippen molar-refractivity contribution in [1.82, 2.24) is 4.90 Å². The van der Waals surface area contributed by atoms with Crippen molar-refractivity contribution in [2.24, 2.45) is 11.7 Å². The van der Waals surface area contributed by atoms with E-state index in [-0.39, 0.29) is 5.54 Å². The van der Waals surface area contributed by atoms with Crippen LogP contribution in [0, 0.1) is 5.92 Å². The highest BCUT2D eigenvalue weighted by Crippen LogP contribution is 2.28. The zero-order chi connectivity index (χ0) is 13.4. The Morgan fingerprint density at radius 1 is 1.17 bits per heavy atom. The second-order valence-electron chi connectivity index (χ2n) is 6.54. The highest BCUT2D eigenvalue weighted by molar-refractivity contribution is 4.87. The van der Waals surface area contributed by atoms with Crippen molar-refractivity contribution in [3.05, 3.63) is 0 Å². The van der Waals surface area contributed by atoms with Gasteiger partial charge in [-0.25, -0.2) is 0 Å². The lowest BCUT2D eigenvalue weighted by Gasteiger charge is -2.39.